The third-order valence-electron chi connectivity index (χ3n) is 5.40. The molecule has 1 heterocycles. The van der Waals surface area contributed by atoms with Crippen molar-refractivity contribution in [3.63, 3.8) is 0 Å². The number of halogens is 4. The lowest BCUT2D eigenvalue weighted by atomic mass is 9.97. The molecule has 0 amide bonds. The van der Waals surface area contributed by atoms with Crippen LogP contribution in [0.4, 0.5) is 17.6 Å². The fourth-order valence-electron chi connectivity index (χ4n) is 3.76. The van der Waals surface area contributed by atoms with Gasteiger partial charge in [0.25, 0.3) is 6.43 Å². The molecule has 1 unspecified atom stereocenters. The van der Waals surface area contributed by atoms with E-state index in [0.29, 0.717) is 33.7 Å². The second-order valence-electron chi connectivity index (χ2n) is 7.73. The second kappa shape index (κ2) is 10.8. The number of nitrogens with two attached hydrogens (primary N) is 1. The predicted molar refractivity (Wildman–Crippen MR) is 134 cm³/mol. The zero-order valence-electron chi connectivity index (χ0n) is 19.2. The van der Waals surface area contributed by atoms with Crippen LogP contribution in [-0.2, 0) is 11.0 Å². The Hall–Kier alpha value is -4.25. The van der Waals surface area contributed by atoms with Gasteiger partial charge in [-0.1, -0.05) is 6.07 Å². The van der Waals surface area contributed by atoms with E-state index in [0.717, 1.165) is 24.3 Å². The summed E-state index contributed by atoms with van der Waals surface area (Å²) in [7, 11) is -0.499. The lowest BCUT2D eigenvalue weighted by molar-refractivity contribution is 0.151. The molecule has 1 aromatic heterocycles. The van der Waals surface area contributed by atoms with E-state index in [1.54, 1.807) is 24.3 Å². The molecule has 190 valence electrons. The van der Waals surface area contributed by atoms with Gasteiger partial charge >= 0.3 is 0 Å². The molecular weight excluding hydrogens is 510 g/mol. The highest BCUT2D eigenvalue weighted by Crippen LogP contribution is 2.39. The molecule has 0 bridgehead atoms. The number of hydrogen-bond donors (Lipinski definition) is 2. The average molecular weight is 530 g/mol. The topological polar surface area (TPSA) is 97.8 Å². The van der Waals surface area contributed by atoms with Crippen molar-refractivity contribution >= 4 is 27.6 Å². The number of aliphatic hydroxyl groups excluding tert-OH is 1. The lowest BCUT2D eigenvalue weighted by Gasteiger charge is -2.14. The summed E-state index contributed by atoms with van der Waals surface area (Å²) < 4.78 is 77.3. The molecule has 4 aromatic rings. The van der Waals surface area contributed by atoms with E-state index in [4.69, 9.17) is 15.6 Å². The van der Waals surface area contributed by atoms with Crippen LogP contribution in [0.15, 0.2) is 82.4 Å². The summed E-state index contributed by atoms with van der Waals surface area (Å²) in [4.78, 5) is 4.69. The Kier molecular flexibility index (Phi) is 7.53. The van der Waals surface area contributed by atoms with Crippen molar-refractivity contribution in [2.24, 2.45) is 10.1 Å². The molecule has 0 spiro atoms. The highest BCUT2D eigenvalue weighted by molar-refractivity contribution is 7.84. The number of hydrogen-bond acceptors (Lipinski definition) is 4. The summed E-state index contributed by atoms with van der Waals surface area (Å²) in [5.74, 6) is -1.66. The first-order valence-electron chi connectivity index (χ1n) is 10.6. The number of ether oxygens (including phenoxy) is 1. The fraction of sp³-hybridized carbons (Fsp3) is 0.0769. The van der Waals surface area contributed by atoms with Gasteiger partial charge in [-0.3, -0.25) is 4.98 Å². The second-order valence-corrected chi connectivity index (χ2v) is 8.88. The Balaban J connectivity index is 1.82. The molecule has 6 nitrogen and oxygen atoms in total. The number of pyridine rings is 1. The molecule has 11 heteroatoms. The number of amidine groups is 1. The van der Waals surface area contributed by atoms with E-state index in [2.05, 4.69) is 9.38 Å². The summed E-state index contributed by atoms with van der Waals surface area (Å²) in [5, 5.41) is 9.95. The van der Waals surface area contributed by atoms with Crippen LogP contribution in [0.25, 0.3) is 33.2 Å². The van der Waals surface area contributed by atoms with E-state index in [9.17, 15) is 17.4 Å². The van der Waals surface area contributed by atoms with Gasteiger partial charge in [0.05, 0.1) is 24.0 Å². The van der Waals surface area contributed by atoms with Crippen LogP contribution in [0.1, 0.15) is 12.0 Å². The van der Waals surface area contributed by atoms with Crippen molar-refractivity contribution < 1.29 is 31.6 Å². The number of aromatic nitrogens is 1. The van der Waals surface area contributed by atoms with Gasteiger partial charge in [-0.2, -0.15) is 4.40 Å². The van der Waals surface area contributed by atoms with Gasteiger partial charge in [-0.05, 0) is 59.5 Å². The number of alkyl halides is 2. The largest absolute Gasteiger partial charge is 0.515 e. The maximum Gasteiger partial charge on any atom is 0.263 e. The fourth-order valence-corrected chi connectivity index (χ4v) is 4.53. The Labute approximate surface area is 211 Å². The minimum Gasteiger partial charge on any atom is -0.515 e. The maximum atomic E-state index is 15.3. The zero-order chi connectivity index (χ0) is 26.7. The first kappa shape index (κ1) is 25.8. The van der Waals surface area contributed by atoms with Crippen LogP contribution in [0, 0.1) is 11.6 Å². The van der Waals surface area contributed by atoms with Gasteiger partial charge in [-0.15, -0.1) is 0 Å². The molecule has 0 aliphatic heterocycles. The number of fused-ring (bicyclic) bond motifs is 1. The maximum absolute atomic E-state index is 15.3. The van der Waals surface area contributed by atoms with Crippen LogP contribution < -0.4 is 10.5 Å². The standard InChI is InChI=1S/C26H19F4N3O3S/c1-36-23-13-20(15-8-16(26(29)30)10-17(27)9-15)22(28)12-21(23)25-19-3-2-18(11-14(19)4-6-32-25)37(35)33-24(31)5-7-34/h2-13,26,34H,1H3,(H2,31,33)/b7-5-. The molecule has 3 N–H and O–H groups in total. The van der Waals surface area contributed by atoms with Crippen LogP contribution >= 0.6 is 0 Å². The third kappa shape index (κ3) is 5.46. The van der Waals surface area contributed by atoms with E-state index in [1.807, 2.05) is 0 Å². The van der Waals surface area contributed by atoms with E-state index < -0.39 is 34.6 Å². The quantitative estimate of drug-likeness (QED) is 0.128. The normalized spacial score (nSPS) is 13.0. The minimum absolute atomic E-state index is 0.0634. The molecule has 0 fully saturated rings. The zero-order valence-corrected chi connectivity index (χ0v) is 20.0. The van der Waals surface area contributed by atoms with Crippen molar-refractivity contribution in [1.29, 1.82) is 0 Å². The molecule has 1 atom stereocenters. The van der Waals surface area contributed by atoms with Crippen LogP contribution in [0.5, 0.6) is 5.75 Å². The number of methoxy groups -OCH3 is 1. The van der Waals surface area contributed by atoms with Gasteiger partial charge in [-0.25, -0.2) is 21.8 Å². The van der Waals surface area contributed by atoms with Crippen molar-refractivity contribution in [3.8, 4) is 28.1 Å². The van der Waals surface area contributed by atoms with Crippen LogP contribution in [0.2, 0.25) is 0 Å². The van der Waals surface area contributed by atoms with Gasteiger partial charge in [0.2, 0.25) is 0 Å². The Morgan fingerprint density at radius 3 is 2.59 bits per heavy atom. The Morgan fingerprint density at radius 2 is 1.89 bits per heavy atom. The highest BCUT2D eigenvalue weighted by Gasteiger charge is 2.19. The van der Waals surface area contributed by atoms with Crippen LogP contribution in [0.3, 0.4) is 0 Å². The lowest BCUT2D eigenvalue weighted by Crippen LogP contribution is -2.09. The number of nitrogens with zero attached hydrogens (tertiary/aromatic N) is 2. The molecule has 0 saturated carbocycles. The number of benzene rings is 3. The summed E-state index contributed by atoms with van der Waals surface area (Å²) in [5.41, 5.74) is 5.42. The summed E-state index contributed by atoms with van der Waals surface area (Å²) in [6, 6.07) is 11.6. The molecule has 37 heavy (non-hydrogen) atoms. The third-order valence-corrected chi connectivity index (χ3v) is 6.43. The van der Waals surface area contributed by atoms with Gasteiger partial charge in [0.1, 0.15) is 23.2 Å². The van der Waals surface area contributed by atoms with Crippen molar-refractivity contribution in [3.05, 3.63) is 90.3 Å². The first-order chi connectivity index (χ1) is 17.7. The van der Waals surface area contributed by atoms with Crippen molar-refractivity contribution in [2.75, 3.05) is 7.11 Å². The Bertz CT molecular complexity index is 1570. The average Bonchev–Trinajstić information content (AvgIpc) is 2.87. The predicted octanol–water partition coefficient (Wildman–Crippen LogP) is 6.24. The molecule has 0 radical (unpaired) electrons. The Morgan fingerprint density at radius 1 is 1.11 bits per heavy atom. The molecule has 3 aromatic carbocycles. The first-order valence-corrected chi connectivity index (χ1v) is 11.7. The molecule has 0 saturated heterocycles. The smallest absolute Gasteiger partial charge is 0.263 e. The SMILES string of the molecule is COc1cc(-c2cc(F)cc(C(F)F)c2)c(F)cc1-c1nccc2cc(S(=O)/N=C(N)/C=C\O)ccc12. The molecule has 4 rings (SSSR count). The summed E-state index contributed by atoms with van der Waals surface area (Å²) in [6.45, 7) is 0. The van der Waals surface area contributed by atoms with Gasteiger partial charge in [0, 0.05) is 34.3 Å². The highest BCUT2D eigenvalue weighted by atomic mass is 32.2. The van der Waals surface area contributed by atoms with Crippen molar-refractivity contribution in [2.45, 2.75) is 11.3 Å². The van der Waals surface area contributed by atoms with E-state index in [1.165, 1.54) is 19.4 Å². The number of rotatable bonds is 7. The van der Waals surface area contributed by atoms with Gasteiger partial charge in [0.15, 0.2) is 11.0 Å². The molecular formula is C26H19F4N3O3S. The summed E-state index contributed by atoms with van der Waals surface area (Å²) in [6.07, 6.45) is 0.316. The van der Waals surface area contributed by atoms with Crippen LogP contribution in [-0.4, -0.2) is 27.2 Å². The molecule has 0 aliphatic carbocycles. The summed E-state index contributed by atoms with van der Waals surface area (Å²) >= 11 is 0. The monoisotopic (exact) mass is 529 g/mol. The minimum atomic E-state index is -2.92. The molecule has 0 aliphatic rings. The van der Waals surface area contributed by atoms with Crippen molar-refractivity contribution in [1.82, 2.24) is 4.98 Å². The number of aliphatic hydroxyl groups is 1. The van der Waals surface area contributed by atoms with Gasteiger partial charge < -0.3 is 15.6 Å². The van der Waals surface area contributed by atoms with E-state index >= 15 is 4.39 Å². The van der Waals surface area contributed by atoms with E-state index in [-0.39, 0.29) is 28.3 Å².